The van der Waals surface area contributed by atoms with Crippen LogP contribution in [0.3, 0.4) is 0 Å². The molecule has 1 aromatic heterocycles. The summed E-state index contributed by atoms with van der Waals surface area (Å²) in [5.74, 6) is -1.36. The normalized spacial score (nSPS) is 11.7. The Morgan fingerprint density at radius 3 is 2.67 bits per heavy atom. The minimum atomic E-state index is -3.94. The van der Waals surface area contributed by atoms with Gasteiger partial charge in [-0.1, -0.05) is 37.1 Å². The number of hydrogen-bond donors (Lipinski definition) is 1. The van der Waals surface area contributed by atoms with E-state index in [1.165, 1.54) is 18.2 Å². The monoisotopic (exact) mass is 355 g/mol. The molecule has 1 N–H and O–H groups in total. The van der Waals surface area contributed by atoms with E-state index in [-0.39, 0.29) is 36.2 Å². The maximum atomic E-state index is 13.6. The van der Waals surface area contributed by atoms with E-state index in [9.17, 15) is 17.6 Å². The van der Waals surface area contributed by atoms with Gasteiger partial charge in [-0.3, -0.25) is 4.79 Å². The van der Waals surface area contributed by atoms with E-state index in [0.29, 0.717) is 0 Å². The maximum absolute atomic E-state index is 13.6. The van der Waals surface area contributed by atoms with Crippen molar-refractivity contribution in [3.8, 4) is 0 Å². The Kier molecular flexibility index (Phi) is 5.66. The summed E-state index contributed by atoms with van der Waals surface area (Å²) in [4.78, 5) is 11.4. The Labute approximate surface area is 139 Å². The van der Waals surface area contributed by atoms with E-state index < -0.39 is 26.6 Å². The van der Waals surface area contributed by atoms with Gasteiger partial charge >= 0.3 is 5.22 Å². The van der Waals surface area contributed by atoms with Crippen LogP contribution in [0.4, 0.5) is 4.39 Å². The van der Waals surface area contributed by atoms with Crippen molar-refractivity contribution in [2.45, 2.75) is 31.2 Å². The highest BCUT2D eigenvalue weighted by atomic mass is 32.2. The quantitative estimate of drug-likeness (QED) is 0.807. The number of nitrogens with one attached hydrogen (secondary N) is 1. The summed E-state index contributed by atoms with van der Waals surface area (Å²) in [6, 6.07) is 5.58. The summed E-state index contributed by atoms with van der Waals surface area (Å²) in [6.07, 6.45) is 0.209. The highest BCUT2D eigenvalue weighted by molar-refractivity contribution is 7.90. The van der Waals surface area contributed by atoms with Crippen LogP contribution in [0.1, 0.15) is 25.3 Å². The van der Waals surface area contributed by atoms with Crippen LogP contribution in [0.2, 0.25) is 0 Å². The van der Waals surface area contributed by atoms with Crippen LogP contribution in [0.15, 0.2) is 33.9 Å². The van der Waals surface area contributed by atoms with Crippen LogP contribution in [-0.2, 0) is 26.8 Å². The molecule has 7 nitrogen and oxygen atoms in total. The molecule has 0 spiro atoms. The lowest BCUT2D eigenvalue weighted by molar-refractivity contribution is -0.123. The largest absolute Gasteiger partial charge is 0.412 e. The Hall–Kier alpha value is -2.29. The average Bonchev–Trinajstić information content (AvgIpc) is 2.99. The molecule has 0 saturated heterocycles. The molecule has 0 unspecified atom stereocenters. The summed E-state index contributed by atoms with van der Waals surface area (Å²) < 4.78 is 43.1. The molecule has 0 fully saturated rings. The van der Waals surface area contributed by atoms with E-state index in [1.54, 1.807) is 19.9 Å². The predicted octanol–water partition coefficient (Wildman–Crippen LogP) is 1.50. The Bertz CT molecular complexity index is 818. The number of benzene rings is 1. The molecule has 0 bridgehead atoms. The second-order valence-corrected chi connectivity index (χ2v) is 7.38. The Balaban J connectivity index is 2.01. The van der Waals surface area contributed by atoms with E-state index in [4.69, 9.17) is 4.42 Å². The first-order valence-electron chi connectivity index (χ1n) is 7.36. The van der Waals surface area contributed by atoms with E-state index in [0.717, 1.165) is 0 Å². The number of aromatic nitrogens is 2. The Morgan fingerprint density at radius 2 is 2.00 bits per heavy atom. The molecule has 0 radical (unpaired) electrons. The van der Waals surface area contributed by atoms with Gasteiger partial charge in [-0.2, -0.15) is 0 Å². The molecule has 2 aromatic rings. The van der Waals surface area contributed by atoms with E-state index in [2.05, 4.69) is 15.5 Å². The van der Waals surface area contributed by atoms with E-state index >= 15 is 0 Å². The van der Waals surface area contributed by atoms with Crippen molar-refractivity contribution in [3.05, 3.63) is 41.5 Å². The molecule has 1 heterocycles. The van der Waals surface area contributed by atoms with Crippen molar-refractivity contribution in [1.82, 2.24) is 15.5 Å². The van der Waals surface area contributed by atoms with Gasteiger partial charge in [0.2, 0.25) is 21.6 Å². The summed E-state index contributed by atoms with van der Waals surface area (Å²) >= 11 is 0. The predicted molar refractivity (Wildman–Crippen MR) is 83.1 cm³/mol. The number of sulfone groups is 1. The zero-order chi connectivity index (χ0) is 17.7. The maximum Gasteiger partial charge on any atom is 0.335 e. The minimum Gasteiger partial charge on any atom is -0.412 e. The summed E-state index contributed by atoms with van der Waals surface area (Å²) in [5, 5.41) is 9.25. The summed E-state index contributed by atoms with van der Waals surface area (Å²) in [5.41, 5.74) is 0.0291. The van der Waals surface area contributed by atoms with Gasteiger partial charge in [-0.05, 0) is 6.07 Å². The van der Waals surface area contributed by atoms with Gasteiger partial charge in [0.25, 0.3) is 0 Å². The summed E-state index contributed by atoms with van der Waals surface area (Å²) in [6.45, 7) is 3.77. The molecule has 0 aliphatic rings. The number of carbonyl (C=O) groups is 1. The topological polar surface area (TPSA) is 102 Å². The van der Waals surface area contributed by atoms with Gasteiger partial charge in [0.15, 0.2) is 0 Å². The van der Waals surface area contributed by atoms with Crippen molar-refractivity contribution in [2.75, 3.05) is 6.54 Å². The third-order valence-electron chi connectivity index (χ3n) is 3.18. The molecular formula is C15H18FN3O4S. The molecule has 130 valence electrons. The van der Waals surface area contributed by atoms with Crippen LogP contribution < -0.4 is 5.32 Å². The number of nitrogens with zero attached hydrogens (tertiary/aromatic N) is 2. The van der Waals surface area contributed by atoms with Gasteiger partial charge in [0.05, 0.1) is 5.75 Å². The molecule has 2 rings (SSSR count). The van der Waals surface area contributed by atoms with Gasteiger partial charge in [0, 0.05) is 24.4 Å². The molecule has 1 amide bonds. The lowest BCUT2D eigenvalue weighted by atomic mass is 10.2. The first kappa shape index (κ1) is 18.1. The van der Waals surface area contributed by atoms with Gasteiger partial charge in [-0.25, -0.2) is 12.8 Å². The van der Waals surface area contributed by atoms with Crippen molar-refractivity contribution in [3.63, 3.8) is 0 Å². The fourth-order valence-corrected chi connectivity index (χ4v) is 3.00. The van der Waals surface area contributed by atoms with Gasteiger partial charge < -0.3 is 9.73 Å². The molecule has 24 heavy (non-hydrogen) atoms. The average molecular weight is 355 g/mol. The number of halogens is 1. The number of rotatable bonds is 7. The van der Waals surface area contributed by atoms with Gasteiger partial charge in [0.1, 0.15) is 5.82 Å². The first-order chi connectivity index (χ1) is 11.3. The van der Waals surface area contributed by atoms with Crippen molar-refractivity contribution >= 4 is 15.7 Å². The highest BCUT2D eigenvalue weighted by Gasteiger charge is 2.24. The van der Waals surface area contributed by atoms with Crippen LogP contribution >= 0.6 is 0 Å². The van der Waals surface area contributed by atoms with Crippen LogP contribution in [0.5, 0.6) is 0 Å². The number of amides is 1. The van der Waals surface area contributed by atoms with Crippen molar-refractivity contribution < 1.29 is 22.0 Å². The zero-order valence-corrected chi connectivity index (χ0v) is 14.1. The van der Waals surface area contributed by atoms with Crippen LogP contribution in [0.25, 0.3) is 0 Å². The van der Waals surface area contributed by atoms with E-state index in [1.807, 2.05) is 0 Å². The van der Waals surface area contributed by atoms with Crippen LogP contribution in [-0.4, -0.2) is 31.1 Å². The molecule has 9 heteroatoms. The summed E-state index contributed by atoms with van der Waals surface area (Å²) in [7, 11) is -3.94. The fraction of sp³-hybridized carbons (Fsp3) is 0.400. The SMILES string of the molecule is CC(C)C(=O)NCCc1nnc(S(=O)(=O)Cc2ccccc2F)o1. The van der Waals surface area contributed by atoms with Crippen LogP contribution in [0, 0.1) is 11.7 Å². The van der Waals surface area contributed by atoms with Crippen molar-refractivity contribution in [1.29, 1.82) is 0 Å². The molecule has 0 aliphatic carbocycles. The fourth-order valence-electron chi connectivity index (χ4n) is 1.84. The second kappa shape index (κ2) is 7.52. The third kappa shape index (κ3) is 4.60. The number of hydrogen-bond acceptors (Lipinski definition) is 6. The third-order valence-corrected chi connectivity index (χ3v) is 4.57. The first-order valence-corrected chi connectivity index (χ1v) is 9.01. The molecule has 0 saturated carbocycles. The Morgan fingerprint density at radius 1 is 1.29 bits per heavy atom. The second-order valence-electron chi connectivity index (χ2n) is 5.51. The van der Waals surface area contributed by atoms with Crippen molar-refractivity contribution in [2.24, 2.45) is 5.92 Å². The van der Waals surface area contributed by atoms with Gasteiger partial charge in [-0.15, -0.1) is 5.10 Å². The molecule has 0 atom stereocenters. The lowest BCUT2D eigenvalue weighted by Gasteiger charge is -2.05. The standard InChI is InChI=1S/C15H18FN3O4S/c1-10(2)14(20)17-8-7-13-18-19-15(23-13)24(21,22)9-11-5-3-4-6-12(11)16/h3-6,10H,7-9H2,1-2H3,(H,17,20). The molecule has 0 aliphatic heterocycles. The number of carbonyl (C=O) groups excluding carboxylic acids is 1. The lowest BCUT2D eigenvalue weighted by Crippen LogP contribution is -2.29. The smallest absolute Gasteiger partial charge is 0.335 e. The molecular weight excluding hydrogens is 337 g/mol. The minimum absolute atomic E-state index is 0.0291. The highest BCUT2D eigenvalue weighted by Crippen LogP contribution is 2.17. The molecule has 1 aromatic carbocycles. The zero-order valence-electron chi connectivity index (χ0n) is 13.3.